The van der Waals surface area contributed by atoms with Crippen LogP contribution in [0.5, 0.6) is 0 Å². The maximum atomic E-state index is 4.31. The van der Waals surface area contributed by atoms with Crippen LogP contribution in [0.25, 0.3) is 0 Å². The molecule has 4 nitrogen and oxygen atoms in total. The van der Waals surface area contributed by atoms with Crippen LogP contribution in [-0.2, 0) is 12.5 Å². The zero-order valence-electron chi connectivity index (χ0n) is 9.17. The van der Waals surface area contributed by atoms with E-state index < -0.39 is 0 Å². The third-order valence-corrected chi connectivity index (χ3v) is 3.49. The third-order valence-electron chi connectivity index (χ3n) is 3.49. The van der Waals surface area contributed by atoms with Crippen molar-refractivity contribution in [3.8, 4) is 0 Å². The van der Waals surface area contributed by atoms with Crippen molar-refractivity contribution >= 4 is 0 Å². The largest absolute Gasteiger partial charge is 0.318 e. The molecule has 1 aliphatic rings. The fraction of sp³-hybridized carbons (Fsp3) is 0.800. The first kappa shape index (κ1) is 9.65. The Morgan fingerprint density at radius 3 is 2.71 bits per heavy atom. The van der Waals surface area contributed by atoms with E-state index in [0.717, 1.165) is 31.2 Å². The lowest BCUT2D eigenvalue weighted by Crippen LogP contribution is -2.31. The Balaban J connectivity index is 2.40. The van der Waals surface area contributed by atoms with Crippen molar-refractivity contribution in [3.05, 3.63) is 11.6 Å². The number of rotatable bonds is 2. The maximum absolute atomic E-state index is 4.31. The summed E-state index contributed by atoms with van der Waals surface area (Å²) in [5, 5.41) is 11.9. The van der Waals surface area contributed by atoms with E-state index in [-0.39, 0.29) is 5.41 Å². The van der Waals surface area contributed by atoms with Gasteiger partial charge in [-0.25, -0.2) is 0 Å². The maximum Gasteiger partial charge on any atom is 0.140 e. The van der Waals surface area contributed by atoms with E-state index in [9.17, 15) is 0 Å². The molecule has 78 valence electrons. The van der Waals surface area contributed by atoms with E-state index in [1.165, 1.54) is 6.42 Å². The summed E-state index contributed by atoms with van der Waals surface area (Å²) in [4.78, 5) is 0. The Morgan fingerprint density at radius 2 is 2.29 bits per heavy atom. The predicted octanol–water partition coefficient (Wildman–Crippen LogP) is 0.765. The Hall–Kier alpha value is -0.900. The lowest BCUT2D eigenvalue weighted by atomic mass is 9.83. The molecule has 0 bridgehead atoms. The van der Waals surface area contributed by atoms with Gasteiger partial charge in [-0.2, -0.15) is 0 Å². The van der Waals surface area contributed by atoms with Crippen molar-refractivity contribution in [1.82, 2.24) is 20.1 Å². The molecule has 1 fully saturated rings. The minimum absolute atomic E-state index is 0.218. The lowest BCUT2D eigenvalue weighted by molar-refractivity contribution is 0.410. The average Bonchev–Trinajstić information content (AvgIpc) is 2.77. The van der Waals surface area contributed by atoms with Crippen molar-refractivity contribution < 1.29 is 0 Å². The summed E-state index contributed by atoms with van der Waals surface area (Å²) >= 11 is 0. The van der Waals surface area contributed by atoms with E-state index in [2.05, 4.69) is 34.1 Å². The molecule has 1 aromatic heterocycles. The van der Waals surface area contributed by atoms with Gasteiger partial charge in [-0.05, 0) is 26.3 Å². The highest BCUT2D eigenvalue weighted by Gasteiger charge is 2.38. The van der Waals surface area contributed by atoms with Crippen LogP contribution in [-0.4, -0.2) is 27.9 Å². The molecule has 0 aromatic carbocycles. The van der Waals surface area contributed by atoms with E-state index in [1.807, 2.05) is 6.92 Å². The van der Waals surface area contributed by atoms with E-state index >= 15 is 0 Å². The molecule has 1 atom stereocenters. The van der Waals surface area contributed by atoms with Gasteiger partial charge in [0.15, 0.2) is 0 Å². The van der Waals surface area contributed by atoms with E-state index in [1.54, 1.807) is 0 Å². The first-order valence-electron chi connectivity index (χ1n) is 5.27. The molecule has 4 heteroatoms. The molecule has 1 aliphatic heterocycles. The van der Waals surface area contributed by atoms with Crippen molar-refractivity contribution in [2.45, 2.75) is 32.1 Å². The summed E-state index contributed by atoms with van der Waals surface area (Å²) in [6.07, 6.45) is 2.31. The van der Waals surface area contributed by atoms with Gasteiger partial charge in [0.1, 0.15) is 11.6 Å². The van der Waals surface area contributed by atoms with Crippen LogP contribution in [0.1, 0.15) is 31.4 Å². The van der Waals surface area contributed by atoms with Crippen LogP contribution in [0, 0.1) is 6.92 Å². The predicted molar refractivity (Wildman–Crippen MR) is 55.2 cm³/mol. The summed E-state index contributed by atoms with van der Waals surface area (Å²) in [5.41, 5.74) is 0.218. The Labute approximate surface area is 84.7 Å². The number of nitrogens with one attached hydrogen (secondary N) is 1. The van der Waals surface area contributed by atoms with Gasteiger partial charge in [0.25, 0.3) is 0 Å². The van der Waals surface area contributed by atoms with Crippen LogP contribution in [0.15, 0.2) is 0 Å². The van der Waals surface area contributed by atoms with Crippen molar-refractivity contribution in [3.63, 3.8) is 0 Å². The molecule has 2 heterocycles. The molecule has 1 aromatic rings. The highest BCUT2D eigenvalue weighted by atomic mass is 15.3. The minimum Gasteiger partial charge on any atom is -0.318 e. The van der Waals surface area contributed by atoms with E-state index in [4.69, 9.17) is 0 Å². The second-order valence-corrected chi connectivity index (χ2v) is 4.19. The number of hydrogen-bond donors (Lipinski definition) is 1. The number of aromatic nitrogens is 3. The first-order chi connectivity index (χ1) is 6.69. The molecule has 1 unspecified atom stereocenters. The zero-order chi connectivity index (χ0) is 10.2. The van der Waals surface area contributed by atoms with Crippen LogP contribution in [0.2, 0.25) is 0 Å². The molecule has 0 saturated carbocycles. The van der Waals surface area contributed by atoms with Crippen LogP contribution in [0.4, 0.5) is 0 Å². The average molecular weight is 194 g/mol. The van der Waals surface area contributed by atoms with Gasteiger partial charge in [-0.3, -0.25) is 0 Å². The highest BCUT2D eigenvalue weighted by Crippen LogP contribution is 2.32. The molecule has 14 heavy (non-hydrogen) atoms. The van der Waals surface area contributed by atoms with Crippen molar-refractivity contribution in [2.24, 2.45) is 7.05 Å². The summed E-state index contributed by atoms with van der Waals surface area (Å²) in [5.74, 6) is 2.14. The van der Waals surface area contributed by atoms with Crippen LogP contribution >= 0.6 is 0 Å². The van der Waals surface area contributed by atoms with E-state index in [0.29, 0.717) is 0 Å². The van der Waals surface area contributed by atoms with Gasteiger partial charge < -0.3 is 9.88 Å². The normalized spacial score (nSPS) is 27.1. The monoisotopic (exact) mass is 194 g/mol. The second-order valence-electron chi connectivity index (χ2n) is 4.19. The highest BCUT2D eigenvalue weighted by molar-refractivity contribution is 5.13. The summed E-state index contributed by atoms with van der Waals surface area (Å²) in [6, 6.07) is 0. The van der Waals surface area contributed by atoms with Crippen molar-refractivity contribution in [2.75, 3.05) is 13.1 Å². The Morgan fingerprint density at radius 1 is 1.50 bits per heavy atom. The summed E-state index contributed by atoms with van der Waals surface area (Å²) < 4.78 is 2.12. The molecule has 1 N–H and O–H groups in total. The van der Waals surface area contributed by atoms with Gasteiger partial charge >= 0.3 is 0 Å². The summed E-state index contributed by atoms with van der Waals surface area (Å²) in [7, 11) is 2.06. The Bertz CT molecular complexity index is 323. The second kappa shape index (κ2) is 3.35. The number of nitrogens with zero attached hydrogens (tertiary/aromatic N) is 3. The molecule has 0 spiro atoms. The zero-order valence-corrected chi connectivity index (χ0v) is 9.17. The molecular formula is C10H18N4. The fourth-order valence-electron chi connectivity index (χ4n) is 2.26. The minimum atomic E-state index is 0.218. The standard InChI is InChI=1S/C10H18N4/c1-4-10(5-6-11-7-10)9-13-12-8(2)14(9)3/h11H,4-7H2,1-3H3. The molecule has 1 saturated heterocycles. The Kier molecular flexibility index (Phi) is 2.31. The topological polar surface area (TPSA) is 42.7 Å². The molecule has 0 amide bonds. The summed E-state index contributed by atoms with van der Waals surface area (Å²) in [6.45, 7) is 6.37. The van der Waals surface area contributed by atoms with Gasteiger partial charge in [0.05, 0.1) is 0 Å². The number of aryl methyl sites for hydroxylation is 1. The quantitative estimate of drug-likeness (QED) is 0.756. The van der Waals surface area contributed by atoms with Gasteiger partial charge in [-0.15, -0.1) is 10.2 Å². The molecule has 0 aliphatic carbocycles. The third kappa shape index (κ3) is 1.25. The molecule has 2 rings (SSSR count). The molecule has 0 radical (unpaired) electrons. The van der Waals surface area contributed by atoms with Crippen LogP contribution in [0.3, 0.4) is 0 Å². The van der Waals surface area contributed by atoms with Gasteiger partial charge in [-0.1, -0.05) is 6.92 Å². The van der Waals surface area contributed by atoms with Gasteiger partial charge in [0.2, 0.25) is 0 Å². The van der Waals surface area contributed by atoms with Gasteiger partial charge in [0, 0.05) is 19.0 Å². The fourth-order valence-corrected chi connectivity index (χ4v) is 2.26. The smallest absolute Gasteiger partial charge is 0.140 e. The van der Waals surface area contributed by atoms with Crippen LogP contribution < -0.4 is 5.32 Å². The van der Waals surface area contributed by atoms with Crippen molar-refractivity contribution in [1.29, 1.82) is 0 Å². The lowest BCUT2D eigenvalue weighted by Gasteiger charge is -2.25. The SMILES string of the molecule is CCC1(c2nnc(C)n2C)CCNC1. The molecular weight excluding hydrogens is 176 g/mol. The number of hydrogen-bond acceptors (Lipinski definition) is 3. The first-order valence-corrected chi connectivity index (χ1v) is 5.27.